The van der Waals surface area contributed by atoms with Crippen molar-refractivity contribution in [1.29, 1.82) is 0 Å². The smallest absolute Gasteiger partial charge is 0.0593 e. The quantitative estimate of drug-likeness (QED) is 0.763. The summed E-state index contributed by atoms with van der Waals surface area (Å²) in [6.07, 6.45) is 3.36. The summed E-state index contributed by atoms with van der Waals surface area (Å²) < 4.78 is 5.71. The van der Waals surface area contributed by atoms with Gasteiger partial charge in [0.05, 0.1) is 13.2 Å². The fourth-order valence-electron chi connectivity index (χ4n) is 2.63. The monoisotopic (exact) mass is 263 g/mol. The molecule has 0 radical (unpaired) electrons. The van der Waals surface area contributed by atoms with Crippen molar-refractivity contribution in [3.63, 3.8) is 0 Å². The third-order valence-corrected chi connectivity index (χ3v) is 3.79. The number of ether oxygens (including phenoxy) is 1. The van der Waals surface area contributed by atoms with Crippen LogP contribution in [0.3, 0.4) is 0 Å². The first kappa shape index (κ1) is 14.5. The third-order valence-electron chi connectivity index (χ3n) is 3.79. The second-order valence-corrected chi connectivity index (χ2v) is 5.34. The van der Waals surface area contributed by atoms with Gasteiger partial charge in [0.15, 0.2) is 0 Å². The van der Waals surface area contributed by atoms with E-state index in [4.69, 9.17) is 4.74 Å². The predicted molar refractivity (Wildman–Crippen MR) is 77.2 cm³/mol. The van der Waals surface area contributed by atoms with E-state index < -0.39 is 0 Å². The molecule has 3 nitrogen and oxygen atoms in total. The van der Waals surface area contributed by atoms with E-state index in [9.17, 15) is 5.11 Å². The fraction of sp³-hybridized carbons (Fsp3) is 0.625. The van der Waals surface area contributed by atoms with Crippen LogP contribution in [0.4, 0.5) is 0 Å². The summed E-state index contributed by atoms with van der Waals surface area (Å²) in [5.41, 5.74) is 1.33. The van der Waals surface area contributed by atoms with Gasteiger partial charge < -0.3 is 14.7 Å². The molecule has 0 spiro atoms. The highest BCUT2D eigenvalue weighted by Crippen LogP contribution is 2.15. The maximum absolute atomic E-state index is 9.19. The molecular weight excluding hydrogens is 238 g/mol. The average molecular weight is 263 g/mol. The molecule has 2 rings (SSSR count). The third kappa shape index (κ3) is 5.31. The van der Waals surface area contributed by atoms with E-state index in [0.717, 1.165) is 39.3 Å². The van der Waals surface area contributed by atoms with E-state index >= 15 is 0 Å². The van der Waals surface area contributed by atoms with Crippen LogP contribution in [0.15, 0.2) is 30.3 Å². The highest BCUT2D eigenvalue weighted by atomic mass is 16.5. The number of hydrogen-bond donors (Lipinski definition) is 1. The number of rotatable bonds is 7. The summed E-state index contributed by atoms with van der Waals surface area (Å²) in [6, 6.07) is 10.5. The van der Waals surface area contributed by atoms with E-state index in [1.54, 1.807) is 0 Å². The molecule has 1 heterocycles. The molecule has 1 atom stereocenters. The first-order valence-electron chi connectivity index (χ1n) is 7.33. The second-order valence-electron chi connectivity index (χ2n) is 5.34. The van der Waals surface area contributed by atoms with Gasteiger partial charge in [0.1, 0.15) is 0 Å². The SMILES string of the molecule is OC[C@H]1CCCN(CCOCCc2ccccc2)C1. The zero-order valence-electron chi connectivity index (χ0n) is 11.6. The van der Waals surface area contributed by atoms with Crippen molar-refractivity contribution < 1.29 is 9.84 Å². The van der Waals surface area contributed by atoms with Crippen LogP contribution >= 0.6 is 0 Å². The molecule has 1 saturated heterocycles. The lowest BCUT2D eigenvalue weighted by molar-refractivity contribution is 0.0727. The molecule has 0 unspecified atom stereocenters. The lowest BCUT2D eigenvalue weighted by Gasteiger charge is -2.31. The fourth-order valence-corrected chi connectivity index (χ4v) is 2.63. The molecule has 1 fully saturated rings. The lowest BCUT2D eigenvalue weighted by Crippen LogP contribution is -2.38. The summed E-state index contributed by atoms with van der Waals surface area (Å²) in [4.78, 5) is 2.41. The summed E-state index contributed by atoms with van der Waals surface area (Å²) in [5.74, 6) is 0.470. The first-order valence-corrected chi connectivity index (χ1v) is 7.33. The minimum Gasteiger partial charge on any atom is -0.396 e. The van der Waals surface area contributed by atoms with E-state index in [2.05, 4.69) is 29.2 Å². The maximum Gasteiger partial charge on any atom is 0.0593 e. The van der Waals surface area contributed by atoms with Crippen molar-refractivity contribution >= 4 is 0 Å². The molecule has 1 N–H and O–H groups in total. The number of nitrogens with zero attached hydrogens (tertiary/aromatic N) is 1. The van der Waals surface area contributed by atoms with Crippen molar-refractivity contribution in [3.05, 3.63) is 35.9 Å². The van der Waals surface area contributed by atoms with Gasteiger partial charge in [-0.05, 0) is 37.3 Å². The Morgan fingerprint density at radius 1 is 1.21 bits per heavy atom. The van der Waals surface area contributed by atoms with Crippen molar-refractivity contribution in [1.82, 2.24) is 4.90 Å². The number of aliphatic hydroxyl groups excluding tert-OH is 1. The van der Waals surface area contributed by atoms with Gasteiger partial charge in [-0.2, -0.15) is 0 Å². The van der Waals surface area contributed by atoms with Crippen molar-refractivity contribution in [2.45, 2.75) is 19.3 Å². The summed E-state index contributed by atoms with van der Waals surface area (Å²) >= 11 is 0. The number of hydrogen-bond acceptors (Lipinski definition) is 3. The Morgan fingerprint density at radius 3 is 2.84 bits per heavy atom. The molecule has 106 valence electrons. The van der Waals surface area contributed by atoms with E-state index in [1.807, 2.05) is 6.07 Å². The normalized spacial score (nSPS) is 20.6. The average Bonchev–Trinajstić information content (AvgIpc) is 2.48. The zero-order valence-corrected chi connectivity index (χ0v) is 11.6. The number of benzene rings is 1. The highest BCUT2D eigenvalue weighted by molar-refractivity contribution is 5.14. The summed E-state index contributed by atoms with van der Waals surface area (Å²) in [5, 5.41) is 9.19. The molecule has 1 aromatic rings. The molecule has 1 aliphatic heterocycles. The van der Waals surface area contributed by atoms with Crippen molar-refractivity contribution in [3.8, 4) is 0 Å². The summed E-state index contributed by atoms with van der Waals surface area (Å²) in [7, 11) is 0. The second kappa shape index (κ2) is 8.31. The summed E-state index contributed by atoms with van der Waals surface area (Å²) in [6.45, 7) is 5.08. The Morgan fingerprint density at radius 2 is 2.05 bits per heavy atom. The Kier molecular flexibility index (Phi) is 6.34. The van der Waals surface area contributed by atoms with Gasteiger partial charge in [-0.25, -0.2) is 0 Å². The van der Waals surface area contributed by atoms with Crippen LogP contribution in [0.1, 0.15) is 18.4 Å². The number of aliphatic hydroxyl groups is 1. The topological polar surface area (TPSA) is 32.7 Å². The van der Waals surface area contributed by atoms with Gasteiger partial charge in [-0.1, -0.05) is 30.3 Å². The minimum absolute atomic E-state index is 0.325. The Bertz CT molecular complexity index is 342. The Labute approximate surface area is 116 Å². The molecule has 3 heteroatoms. The van der Waals surface area contributed by atoms with E-state index in [1.165, 1.54) is 18.4 Å². The van der Waals surface area contributed by atoms with E-state index in [0.29, 0.717) is 12.5 Å². The largest absolute Gasteiger partial charge is 0.396 e. The van der Waals surface area contributed by atoms with Gasteiger partial charge in [-0.3, -0.25) is 0 Å². The minimum atomic E-state index is 0.325. The molecule has 0 aromatic heterocycles. The van der Waals surface area contributed by atoms with Gasteiger partial charge in [0.25, 0.3) is 0 Å². The molecule has 0 bridgehead atoms. The molecule has 19 heavy (non-hydrogen) atoms. The molecule has 0 saturated carbocycles. The van der Waals surface area contributed by atoms with Crippen LogP contribution in [-0.4, -0.2) is 49.5 Å². The van der Waals surface area contributed by atoms with Gasteiger partial charge in [0.2, 0.25) is 0 Å². The van der Waals surface area contributed by atoms with Gasteiger partial charge in [0, 0.05) is 19.7 Å². The molecule has 1 aromatic carbocycles. The predicted octanol–water partition coefficient (Wildman–Crippen LogP) is 1.95. The van der Waals surface area contributed by atoms with Crippen LogP contribution in [0, 0.1) is 5.92 Å². The molecular formula is C16H25NO2. The van der Waals surface area contributed by atoms with Crippen LogP contribution in [-0.2, 0) is 11.2 Å². The van der Waals surface area contributed by atoms with Crippen molar-refractivity contribution in [2.24, 2.45) is 5.92 Å². The number of piperidine rings is 1. The maximum atomic E-state index is 9.19. The Hall–Kier alpha value is -0.900. The molecule has 1 aliphatic rings. The van der Waals surface area contributed by atoms with Crippen molar-refractivity contribution in [2.75, 3.05) is 39.5 Å². The highest BCUT2D eigenvalue weighted by Gasteiger charge is 2.18. The standard InChI is InChI=1S/C16H25NO2/c18-14-16-7-4-9-17(13-16)10-12-19-11-8-15-5-2-1-3-6-15/h1-3,5-6,16,18H,4,7-14H2/t16-/m0/s1. The van der Waals surface area contributed by atoms with Crippen LogP contribution in [0.2, 0.25) is 0 Å². The van der Waals surface area contributed by atoms with E-state index in [-0.39, 0.29) is 0 Å². The van der Waals surface area contributed by atoms with Crippen LogP contribution in [0.25, 0.3) is 0 Å². The van der Waals surface area contributed by atoms with Crippen LogP contribution in [0.5, 0.6) is 0 Å². The lowest BCUT2D eigenvalue weighted by atomic mass is 9.99. The molecule has 0 amide bonds. The number of likely N-dealkylation sites (tertiary alicyclic amines) is 1. The Balaban J connectivity index is 1.54. The molecule has 0 aliphatic carbocycles. The zero-order chi connectivity index (χ0) is 13.3. The van der Waals surface area contributed by atoms with Gasteiger partial charge in [-0.15, -0.1) is 0 Å². The van der Waals surface area contributed by atoms with Crippen LogP contribution < -0.4 is 0 Å². The van der Waals surface area contributed by atoms with Gasteiger partial charge >= 0.3 is 0 Å². The first-order chi connectivity index (χ1) is 9.38.